The summed E-state index contributed by atoms with van der Waals surface area (Å²) in [5.74, 6) is 5.98. The van der Waals surface area contributed by atoms with Crippen LogP contribution in [0.3, 0.4) is 0 Å². The van der Waals surface area contributed by atoms with Crippen molar-refractivity contribution in [2.75, 3.05) is 0 Å². The van der Waals surface area contributed by atoms with Crippen molar-refractivity contribution in [2.24, 2.45) is 0 Å². The molecule has 30 rings (SSSR count). The lowest BCUT2D eigenvalue weighted by atomic mass is 9.90. The van der Waals surface area contributed by atoms with Crippen LogP contribution in [0.2, 0.25) is 0 Å². The maximum Gasteiger partial charge on any atom is 0.164 e. The van der Waals surface area contributed by atoms with Crippen LogP contribution >= 0.6 is 69.3 Å². The first-order chi connectivity index (χ1) is 68.4. The van der Waals surface area contributed by atoms with Gasteiger partial charge in [0.15, 0.2) is 52.4 Å². The maximum absolute atomic E-state index is 5.12. The van der Waals surface area contributed by atoms with Crippen LogP contribution in [0.5, 0.6) is 0 Å². The van der Waals surface area contributed by atoms with Crippen LogP contribution in [0, 0.1) is 0 Å². The van der Waals surface area contributed by atoms with Crippen LogP contribution in [0.4, 0.5) is 0 Å². The fourth-order valence-electron chi connectivity index (χ4n) is 20.5. The molecule has 3 aliphatic heterocycles. The quantitative estimate of drug-likeness (QED) is 0.116. The van der Waals surface area contributed by atoms with Gasteiger partial charge in [0, 0.05) is 156 Å². The molecule has 15 heteroatoms. The molecule has 0 amide bonds. The first-order valence-electron chi connectivity index (χ1n) is 45.8. The van der Waals surface area contributed by atoms with Crippen LogP contribution in [0.15, 0.2) is 448 Å². The van der Waals surface area contributed by atoms with E-state index < -0.39 is 0 Å². The second kappa shape index (κ2) is 32.9. The van der Waals surface area contributed by atoms with Crippen molar-refractivity contribution in [1.29, 1.82) is 0 Å². The molecule has 642 valence electrons. The van der Waals surface area contributed by atoms with Gasteiger partial charge in [-0.15, -0.1) is 34.0 Å². The first-order valence-corrected chi connectivity index (χ1v) is 50.7. The zero-order chi connectivity index (χ0) is 90.6. The second-order valence-corrected chi connectivity index (χ2v) is 41.2. The molecule has 0 spiro atoms. The van der Waals surface area contributed by atoms with Crippen molar-refractivity contribution in [1.82, 2.24) is 44.9 Å². The number of thiophene rings is 3. The van der Waals surface area contributed by atoms with Gasteiger partial charge in [0.2, 0.25) is 0 Å². The van der Waals surface area contributed by atoms with Crippen LogP contribution in [0.1, 0.15) is 0 Å². The van der Waals surface area contributed by atoms with E-state index in [0.717, 1.165) is 88.1 Å². The molecule has 27 aromatic rings. The standard InChI is InChI=1S/3C41H23N3S2/c1-3-11-24(12-4-1)39-42-40(25-13-5-2-6-14-25)44-41(43-39)31-22-27(21-26-15-7-8-16-28(26)31)30-23-35-38-36-29(30)17-9-18-32(36)45-33-19-10-20-34(46-35)37(33)38;1-3-10-25(11-4-1)39-42-40(26-12-5-2-6-13-26)44-41(43-39)31-23-28(22-27-14-7-8-16-29(27)31)30-19-21-34-37-36-33(46-38(30)37)20-18-24-15-9-17-32(45-34)35(24)36;1-3-10-24(11-4-1)39-42-40(25-12-5-2-6-13-25)44-41(43-39)31-19-18-28(26-14-7-8-15-27(26)31)29-20-22-34-36-30(29)21-23-35-38(36)37-32(45-34)16-9-17-33(37)46-35/h3*1-23H. The van der Waals surface area contributed by atoms with Gasteiger partial charge < -0.3 is 0 Å². The van der Waals surface area contributed by atoms with Crippen LogP contribution < -0.4 is 0 Å². The van der Waals surface area contributed by atoms with Gasteiger partial charge in [-0.05, 0) is 179 Å². The van der Waals surface area contributed by atoms with Gasteiger partial charge >= 0.3 is 0 Å². The monoisotopic (exact) mass is 1860 g/mol. The van der Waals surface area contributed by atoms with E-state index in [9.17, 15) is 0 Å². The molecule has 3 aliphatic rings. The summed E-state index contributed by atoms with van der Waals surface area (Å²) in [6.45, 7) is 0. The molecule has 0 saturated heterocycles. The number of hydrogen-bond acceptors (Lipinski definition) is 15. The molecule has 138 heavy (non-hydrogen) atoms. The number of rotatable bonds is 12. The van der Waals surface area contributed by atoms with Crippen molar-refractivity contribution >= 4 is 194 Å². The van der Waals surface area contributed by atoms with E-state index in [1.54, 1.807) is 0 Å². The van der Waals surface area contributed by atoms with E-state index in [1.807, 2.05) is 203 Å². The second-order valence-electron chi connectivity index (χ2n) is 34.7. The predicted octanol–water partition coefficient (Wildman–Crippen LogP) is 35.0. The lowest BCUT2D eigenvalue weighted by molar-refractivity contribution is 1.08. The predicted molar refractivity (Wildman–Crippen MR) is 581 cm³/mol. The lowest BCUT2D eigenvalue weighted by Crippen LogP contribution is -2.00. The Kier molecular flexibility index (Phi) is 19.2. The lowest BCUT2D eigenvalue weighted by Gasteiger charge is -2.18. The zero-order valence-electron chi connectivity index (χ0n) is 73.3. The number of hydrogen-bond donors (Lipinski definition) is 0. The molecule has 0 atom stereocenters. The van der Waals surface area contributed by atoms with E-state index in [-0.39, 0.29) is 0 Å². The van der Waals surface area contributed by atoms with E-state index in [1.165, 1.54) is 150 Å². The summed E-state index contributed by atoms with van der Waals surface area (Å²) in [6, 6.07) is 148. The molecular weight excluding hydrogens is 1800 g/mol. The molecule has 6 aromatic heterocycles. The van der Waals surface area contributed by atoms with Crippen molar-refractivity contribution < 1.29 is 0 Å². The Bertz CT molecular complexity index is 9590. The van der Waals surface area contributed by atoms with E-state index in [0.29, 0.717) is 52.4 Å². The maximum atomic E-state index is 5.12. The molecule has 0 bridgehead atoms. The number of fused-ring (bicyclic) bond motifs is 3. The van der Waals surface area contributed by atoms with E-state index in [2.05, 4.69) is 285 Å². The van der Waals surface area contributed by atoms with E-state index >= 15 is 0 Å². The molecule has 0 N–H and O–H groups in total. The summed E-state index contributed by atoms with van der Waals surface area (Å²) in [5.41, 5.74) is 16.0. The average Bonchev–Trinajstić information content (AvgIpc) is 1.54. The van der Waals surface area contributed by atoms with Crippen molar-refractivity contribution in [3.8, 4) is 136 Å². The highest BCUT2D eigenvalue weighted by Crippen LogP contribution is 2.58. The third kappa shape index (κ3) is 13.5. The summed E-state index contributed by atoms with van der Waals surface area (Å²) >= 11 is 11.3. The molecule has 9 heterocycles. The molecule has 9 nitrogen and oxygen atoms in total. The summed E-state index contributed by atoms with van der Waals surface area (Å²) in [5, 5.41) is 23.2. The van der Waals surface area contributed by atoms with Crippen molar-refractivity contribution in [2.45, 2.75) is 29.4 Å². The van der Waals surface area contributed by atoms with E-state index in [4.69, 9.17) is 44.9 Å². The normalized spacial score (nSPS) is 12.3. The molecule has 0 radical (unpaired) electrons. The molecule has 0 fully saturated rings. The summed E-state index contributed by atoms with van der Waals surface area (Å²) in [4.78, 5) is 53.4. The highest BCUT2D eigenvalue weighted by atomic mass is 32.2. The molecule has 0 unspecified atom stereocenters. The third-order valence-corrected chi connectivity index (χ3v) is 33.5. The van der Waals surface area contributed by atoms with Gasteiger partial charge in [-0.1, -0.05) is 357 Å². The Morgan fingerprint density at radius 1 is 0.138 bits per heavy atom. The van der Waals surface area contributed by atoms with Gasteiger partial charge in [0.05, 0.1) is 0 Å². The highest BCUT2D eigenvalue weighted by Gasteiger charge is 2.30. The Hall–Kier alpha value is -16.1. The number of aromatic nitrogens is 9. The molecule has 21 aromatic carbocycles. The number of nitrogens with zero attached hydrogens (tertiary/aromatic N) is 9. The van der Waals surface area contributed by atoms with Gasteiger partial charge in [0.1, 0.15) is 0 Å². The Labute approximate surface area is 816 Å². The molecular formula is C123H69N9S6. The van der Waals surface area contributed by atoms with Crippen molar-refractivity contribution in [3.63, 3.8) is 0 Å². The Balaban J connectivity index is 0.000000102. The van der Waals surface area contributed by atoms with Crippen LogP contribution in [0.25, 0.3) is 261 Å². The topological polar surface area (TPSA) is 116 Å². The minimum absolute atomic E-state index is 0.663. The largest absolute Gasteiger partial charge is 0.208 e. The van der Waals surface area contributed by atoms with Crippen LogP contribution in [-0.2, 0) is 0 Å². The Morgan fingerprint density at radius 3 is 0.949 bits per heavy atom. The smallest absolute Gasteiger partial charge is 0.164 e. The SMILES string of the molecule is c1ccc(-c2nc(-c3ccccc3)nc(-c3cc(-c4cc5sc6cccc7c6c5c5c(cccc45)S7)cc4ccccc34)n2)cc1.c1ccc(-c2nc(-c3ccccc3)nc(-c3cc(-c4ccc5c6c4sc4ccc7cccc(c7c46)S5)cc4ccccc34)n2)cc1.c1ccc(-c2nc(-c3ccccc3)nc(-c3ccc(-c4ccc5c6c4ccc4sc7cccc(c7c46)S5)c4ccccc34)n2)cc1. The minimum atomic E-state index is 0.663. The summed E-state index contributed by atoms with van der Waals surface area (Å²) < 4.78 is 8.05. The minimum Gasteiger partial charge on any atom is -0.208 e. The third-order valence-electron chi connectivity index (χ3n) is 26.7. The summed E-state index contributed by atoms with van der Waals surface area (Å²) in [6.07, 6.45) is 0. The fourth-order valence-corrected chi connectivity index (χ4v) is 27.7. The summed E-state index contributed by atoms with van der Waals surface area (Å²) in [7, 11) is 0. The van der Waals surface area contributed by atoms with Crippen LogP contribution in [-0.4, -0.2) is 44.9 Å². The van der Waals surface area contributed by atoms with Gasteiger partial charge in [-0.25, -0.2) is 44.9 Å². The molecule has 0 saturated carbocycles. The highest BCUT2D eigenvalue weighted by molar-refractivity contribution is 8.00. The molecule has 0 aliphatic carbocycles. The van der Waals surface area contributed by atoms with Crippen molar-refractivity contribution in [3.05, 3.63) is 419 Å². The average molecular weight is 1870 g/mol. The Morgan fingerprint density at radius 2 is 0.449 bits per heavy atom. The van der Waals surface area contributed by atoms with Gasteiger partial charge in [0.25, 0.3) is 0 Å². The first kappa shape index (κ1) is 80.4. The zero-order valence-corrected chi connectivity index (χ0v) is 78.2. The number of benzene rings is 21. The van der Waals surface area contributed by atoms with Gasteiger partial charge in [-0.2, -0.15) is 0 Å². The van der Waals surface area contributed by atoms with Gasteiger partial charge in [-0.3, -0.25) is 0 Å². The fraction of sp³-hybridized carbons (Fsp3) is 0.